The van der Waals surface area contributed by atoms with Gasteiger partial charge in [0.1, 0.15) is 11.5 Å². The van der Waals surface area contributed by atoms with Gasteiger partial charge in [-0.3, -0.25) is 4.79 Å². The van der Waals surface area contributed by atoms with E-state index in [2.05, 4.69) is 28.4 Å². The second-order valence-corrected chi connectivity index (χ2v) is 5.10. The predicted molar refractivity (Wildman–Crippen MR) is 73.3 cm³/mol. The molecule has 102 valence electrons. The van der Waals surface area contributed by atoms with Crippen LogP contribution in [0.1, 0.15) is 43.4 Å². The van der Waals surface area contributed by atoms with Gasteiger partial charge in [0.15, 0.2) is 0 Å². The Morgan fingerprint density at radius 1 is 1.37 bits per heavy atom. The topological polar surface area (TPSA) is 68.0 Å². The molecule has 0 saturated carbocycles. The summed E-state index contributed by atoms with van der Waals surface area (Å²) in [4.78, 5) is 19.7. The smallest absolute Gasteiger partial charge is 0.303 e. The Morgan fingerprint density at radius 3 is 2.63 bits per heavy atom. The van der Waals surface area contributed by atoms with Gasteiger partial charge in [0.2, 0.25) is 0 Å². The molecule has 2 heterocycles. The van der Waals surface area contributed by atoms with Gasteiger partial charge in [0.25, 0.3) is 0 Å². The lowest BCUT2D eigenvalue weighted by Crippen LogP contribution is -2.01. The van der Waals surface area contributed by atoms with Gasteiger partial charge in [-0.15, -0.1) is 0 Å². The minimum atomic E-state index is -0.781. The molecular weight excluding hydrogens is 242 g/mol. The van der Waals surface area contributed by atoms with Crippen LogP contribution in [0.15, 0.2) is 6.20 Å². The monoisotopic (exact) mass is 261 g/mol. The molecule has 0 atom stereocenters. The van der Waals surface area contributed by atoms with Crippen molar-refractivity contribution in [2.75, 3.05) is 0 Å². The average Bonchev–Trinajstić information content (AvgIpc) is 2.65. The maximum atomic E-state index is 10.8. The first-order chi connectivity index (χ1) is 8.90. The normalized spacial score (nSPS) is 11.4. The van der Waals surface area contributed by atoms with Crippen molar-refractivity contribution in [2.24, 2.45) is 0 Å². The van der Waals surface area contributed by atoms with Crippen LogP contribution in [0.25, 0.3) is 11.0 Å². The quantitative estimate of drug-likeness (QED) is 0.918. The molecule has 2 rings (SSSR count). The van der Waals surface area contributed by atoms with E-state index in [4.69, 9.17) is 5.11 Å². The van der Waals surface area contributed by atoms with E-state index in [1.165, 1.54) is 0 Å². The molecule has 0 aliphatic carbocycles. The molecule has 0 unspecified atom stereocenters. The summed E-state index contributed by atoms with van der Waals surface area (Å²) in [6.45, 7) is 8.01. The Bertz CT molecular complexity index is 629. The Hall–Kier alpha value is -1.91. The number of aromatic nitrogens is 3. The summed E-state index contributed by atoms with van der Waals surface area (Å²) < 4.78 is 2.09. The number of carboxylic acids is 1. The number of rotatable bonds is 4. The van der Waals surface area contributed by atoms with Crippen LogP contribution in [0.4, 0.5) is 0 Å². The lowest BCUT2D eigenvalue weighted by atomic mass is 10.1. The maximum Gasteiger partial charge on any atom is 0.303 e. The maximum absolute atomic E-state index is 10.8. The molecule has 0 spiro atoms. The van der Waals surface area contributed by atoms with Crippen molar-refractivity contribution in [1.82, 2.24) is 14.5 Å². The van der Waals surface area contributed by atoms with Gasteiger partial charge in [0.05, 0.1) is 5.69 Å². The van der Waals surface area contributed by atoms with E-state index < -0.39 is 5.97 Å². The van der Waals surface area contributed by atoms with Crippen LogP contribution in [0.3, 0.4) is 0 Å². The van der Waals surface area contributed by atoms with E-state index >= 15 is 0 Å². The number of nitrogens with zero attached hydrogens (tertiary/aromatic N) is 3. The molecule has 0 amide bonds. The fourth-order valence-corrected chi connectivity index (χ4v) is 2.38. The van der Waals surface area contributed by atoms with E-state index in [1.54, 1.807) is 0 Å². The predicted octanol–water partition coefficient (Wildman–Crippen LogP) is 2.65. The van der Waals surface area contributed by atoms with Crippen LogP contribution in [0, 0.1) is 13.8 Å². The Morgan fingerprint density at radius 2 is 2.05 bits per heavy atom. The van der Waals surface area contributed by atoms with Gasteiger partial charge in [-0.05, 0) is 39.7 Å². The molecule has 5 heteroatoms. The van der Waals surface area contributed by atoms with Gasteiger partial charge in [-0.1, -0.05) is 0 Å². The van der Waals surface area contributed by atoms with Crippen LogP contribution in [-0.2, 0) is 11.2 Å². The summed E-state index contributed by atoms with van der Waals surface area (Å²) in [6.07, 6.45) is 2.66. The molecule has 2 aromatic rings. The number of hydrogen-bond acceptors (Lipinski definition) is 3. The van der Waals surface area contributed by atoms with Crippen molar-refractivity contribution in [3.63, 3.8) is 0 Å². The lowest BCUT2D eigenvalue weighted by Gasteiger charge is -2.08. The fourth-order valence-electron chi connectivity index (χ4n) is 2.38. The second-order valence-electron chi connectivity index (χ2n) is 5.10. The zero-order valence-electron chi connectivity index (χ0n) is 11.8. The molecule has 0 aromatic carbocycles. The summed E-state index contributed by atoms with van der Waals surface area (Å²) in [6, 6.07) is 0.287. The van der Waals surface area contributed by atoms with Gasteiger partial charge in [0, 0.05) is 24.0 Å². The largest absolute Gasteiger partial charge is 0.481 e. The molecule has 2 aromatic heterocycles. The molecule has 0 aliphatic rings. The van der Waals surface area contributed by atoms with Gasteiger partial charge in [-0.25, -0.2) is 9.97 Å². The first-order valence-corrected chi connectivity index (χ1v) is 6.46. The van der Waals surface area contributed by atoms with Crippen molar-refractivity contribution >= 4 is 17.0 Å². The first kappa shape index (κ1) is 13.5. The third-order valence-electron chi connectivity index (χ3n) is 3.21. The minimum absolute atomic E-state index is 0.129. The molecule has 0 aliphatic heterocycles. The number of aliphatic carboxylic acids is 1. The van der Waals surface area contributed by atoms with Crippen LogP contribution in [0.5, 0.6) is 0 Å². The lowest BCUT2D eigenvalue weighted by molar-refractivity contribution is -0.136. The molecule has 0 fully saturated rings. The van der Waals surface area contributed by atoms with Crippen molar-refractivity contribution in [3.05, 3.63) is 23.3 Å². The van der Waals surface area contributed by atoms with Crippen LogP contribution >= 0.6 is 0 Å². The Labute approximate surface area is 112 Å². The zero-order chi connectivity index (χ0) is 14.2. The van der Waals surface area contributed by atoms with E-state index in [9.17, 15) is 4.79 Å². The van der Waals surface area contributed by atoms with Crippen molar-refractivity contribution in [1.29, 1.82) is 0 Å². The average molecular weight is 261 g/mol. The highest BCUT2D eigenvalue weighted by atomic mass is 16.4. The van der Waals surface area contributed by atoms with E-state index in [0.717, 1.165) is 28.1 Å². The third kappa shape index (κ3) is 2.59. The Balaban J connectivity index is 2.61. The molecule has 0 bridgehead atoms. The summed E-state index contributed by atoms with van der Waals surface area (Å²) in [5.74, 6) is -0.0362. The number of fused-ring (bicyclic) bond motifs is 1. The van der Waals surface area contributed by atoms with E-state index in [0.29, 0.717) is 6.42 Å². The molecule has 5 nitrogen and oxygen atoms in total. The van der Waals surface area contributed by atoms with Gasteiger partial charge < -0.3 is 9.67 Å². The highest BCUT2D eigenvalue weighted by Crippen LogP contribution is 2.26. The SMILES string of the molecule is Cc1nc(C)c2c(CCC(=O)O)cn(C(C)C)c2n1. The summed E-state index contributed by atoms with van der Waals surface area (Å²) >= 11 is 0. The number of aryl methyl sites for hydroxylation is 3. The molecular formula is C14H19N3O2. The summed E-state index contributed by atoms with van der Waals surface area (Å²) in [7, 11) is 0. The first-order valence-electron chi connectivity index (χ1n) is 6.46. The summed E-state index contributed by atoms with van der Waals surface area (Å²) in [5.41, 5.74) is 2.84. The van der Waals surface area contributed by atoms with Crippen molar-refractivity contribution < 1.29 is 9.90 Å². The fraction of sp³-hybridized carbons (Fsp3) is 0.500. The molecule has 0 radical (unpaired) electrons. The van der Waals surface area contributed by atoms with Crippen LogP contribution in [0.2, 0.25) is 0 Å². The highest BCUT2D eigenvalue weighted by Gasteiger charge is 2.16. The van der Waals surface area contributed by atoms with E-state index in [1.807, 2.05) is 20.0 Å². The highest BCUT2D eigenvalue weighted by molar-refractivity contribution is 5.83. The van der Waals surface area contributed by atoms with Gasteiger partial charge in [-0.2, -0.15) is 0 Å². The third-order valence-corrected chi connectivity index (χ3v) is 3.21. The number of hydrogen-bond donors (Lipinski definition) is 1. The van der Waals surface area contributed by atoms with Crippen molar-refractivity contribution in [2.45, 2.75) is 46.6 Å². The van der Waals surface area contributed by atoms with Crippen LogP contribution < -0.4 is 0 Å². The number of carboxylic acid groups (broad SMARTS) is 1. The Kier molecular flexibility index (Phi) is 3.55. The van der Waals surface area contributed by atoms with E-state index in [-0.39, 0.29) is 12.5 Å². The van der Waals surface area contributed by atoms with Crippen LogP contribution in [-0.4, -0.2) is 25.6 Å². The van der Waals surface area contributed by atoms with Gasteiger partial charge >= 0.3 is 5.97 Å². The standard InChI is InChI=1S/C14H19N3O2/c1-8(2)17-7-11(5-6-12(18)19)13-9(3)15-10(4)16-14(13)17/h7-8H,5-6H2,1-4H3,(H,18,19). The van der Waals surface area contributed by atoms with Crippen molar-refractivity contribution in [3.8, 4) is 0 Å². The minimum Gasteiger partial charge on any atom is -0.481 e. The second kappa shape index (κ2) is 4.99. The number of carbonyl (C=O) groups is 1. The zero-order valence-corrected chi connectivity index (χ0v) is 11.8. The molecule has 19 heavy (non-hydrogen) atoms. The molecule has 0 saturated heterocycles. The molecule has 1 N–H and O–H groups in total. The summed E-state index contributed by atoms with van der Waals surface area (Å²) in [5, 5.41) is 9.84.